The number of nitrogens with zero attached hydrogens (tertiary/aromatic N) is 2. The van der Waals surface area contributed by atoms with E-state index in [1.165, 1.54) is 6.07 Å². The van der Waals surface area contributed by atoms with Crippen molar-refractivity contribution in [1.82, 2.24) is 14.9 Å². The van der Waals surface area contributed by atoms with Gasteiger partial charge in [0.25, 0.3) is 0 Å². The number of cyclic esters (lactones) is 1. The number of aliphatic hydroxyl groups is 2. The minimum Gasteiger partial charge on any atom is -0.458 e. The van der Waals surface area contributed by atoms with Crippen molar-refractivity contribution in [1.29, 1.82) is 0 Å². The van der Waals surface area contributed by atoms with E-state index in [0.29, 0.717) is 57.6 Å². The number of fused-ring (bicyclic) bond motifs is 5. The van der Waals surface area contributed by atoms with Gasteiger partial charge in [0, 0.05) is 28.1 Å². The van der Waals surface area contributed by atoms with E-state index in [-0.39, 0.29) is 18.8 Å². The molecule has 0 fully saturated rings. The molecule has 0 saturated carbocycles. The van der Waals surface area contributed by atoms with Crippen molar-refractivity contribution >= 4 is 35.0 Å². The van der Waals surface area contributed by atoms with Crippen LogP contribution in [0.5, 0.6) is 0 Å². The van der Waals surface area contributed by atoms with Gasteiger partial charge >= 0.3 is 5.97 Å². The Morgan fingerprint density at radius 2 is 2.14 bits per heavy atom. The lowest BCUT2D eigenvalue weighted by Crippen LogP contribution is -2.41. The number of aromatic nitrogens is 2. The van der Waals surface area contributed by atoms with Crippen LogP contribution in [0.4, 0.5) is 4.39 Å². The van der Waals surface area contributed by atoms with Crippen LogP contribution < -0.4 is 5.32 Å². The quantitative estimate of drug-likeness (QED) is 0.287. The van der Waals surface area contributed by atoms with Crippen molar-refractivity contribution in [3.63, 3.8) is 0 Å². The van der Waals surface area contributed by atoms with Crippen molar-refractivity contribution in [2.24, 2.45) is 0 Å². The average Bonchev–Trinajstić information content (AvgIpc) is 3.24. The maximum atomic E-state index is 14.9. The number of ether oxygens (including phenoxy) is 1. The van der Waals surface area contributed by atoms with E-state index in [1.54, 1.807) is 19.9 Å². The van der Waals surface area contributed by atoms with Gasteiger partial charge < -0.3 is 24.8 Å². The zero-order valence-electron chi connectivity index (χ0n) is 19.8. The lowest BCUT2D eigenvalue weighted by Gasteiger charge is -2.32. The summed E-state index contributed by atoms with van der Waals surface area (Å²) in [5.74, 6) is -1.56. The van der Waals surface area contributed by atoms with Crippen molar-refractivity contribution in [2.75, 3.05) is 6.61 Å². The SMILES string of the molecule is CC[C@@]1(O)C(=O)OCc2c1cc1n(c2=S)Cc2c-1nc1cc(F)c(C)c3c1c2[C@@H](NC(=O)CO)CC3. The summed E-state index contributed by atoms with van der Waals surface area (Å²) in [6.45, 7) is 3.15. The van der Waals surface area contributed by atoms with E-state index in [1.807, 2.05) is 4.57 Å². The molecule has 0 radical (unpaired) electrons. The first-order valence-electron chi connectivity index (χ1n) is 11.9. The molecule has 6 rings (SSSR count). The fourth-order valence-electron chi connectivity index (χ4n) is 5.94. The molecule has 0 spiro atoms. The number of carbonyl (C=O) groups excluding carboxylic acids is 2. The molecule has 36 heavy (non-hydrogen) atoms. The van der Waals surface area contributed by atoms with Crippen molar-refractivity contribution in [3.8, 4) is 11.4 Å². The topological polar surface area (TPSA) is 114 Å². The Bertz CT molecular complexity index is 1580. The second kappa shape index (κ2) is 7.89. The fraction of sp³-hybridized carbons (Fsp3) is 0.385. The number of carbonyl (C=O) groups is 2. The van der Waals surface area contributed by atoms with Crippen molar-refractivity contribution < 1.29 is 28.9 Å². The van der Waals surface area contributed by atoms with Crippen LogP contribution in [0, 0.1) is 17.4 Å². The summed E-state index contributed by atoms with van der Waals surface area (Å²) in [6, 6.07) is 2.75. The number of esters is 1. The van der Waals surface area contributed by atoms with Crippen molar-refractivity contribution in [3.05, 3.63) is 56.0 Å². The highest BCUT2D eigenvalue weighted by molar-refractivity contribution is 7.71. The summed E-state index contributed by atoms with van der Waals surface area (Å²) >= 11 is 5.80. The molecule has 8 nitrogen and oxygen atoms in total. The number of benzene rings is 1. The molecule has 1 aromatic carbocycles. The summed E-state index contributed by atoms with van der Waals surface area (Å²) < 4.78 is 22.5. The lowest BCUT2D eigenvalue weighted by molar-refractivity contribution is -0.172. The zero-order chi connectivity index (χ0) is 25.5. The van der Waals surface area contributed by atoms with Crippen LogP contribution >= 0.6 is 12.2 Å². The Balaban J connectivity index is 1.66. The Labute approximate surface area is 210 Å². The van der Waals surface area contributed by atoms with E-state index >= 15 is 0 Å². The molecule has 3 aromatic rings. The van der Waals surface area contributed by atoms with Gasteiger partial charge in [0.2, 0.25) is 5.91 Å². The molecule has 3 N–H and O–H groups in total. The molecule has 2 atom stereocenters. The molecule has 2 aliphatic heterocycles. The number of hydrogen-bond acceptors (Lipinski definition) is 7. The Morgan fingerprint density at radius 3 is 2.86 bits per heavy atom. The minimum atomic E-state index is -1.82. The predicted molar refractivity (Wildman–Crippen MR) is 130 cm³/mol. The van der Waals surface area contributed by atoms with Crippen LogP contribution in [-0.4, -0.2) is 38.2 Å². The van der Waals surface area contributed by atoms with E-state index in [9.17, 15) is 24.2 Å². The summed E-state index contributed by atoms with van der Waals surface area (Å²) in [4.78, 5) is 29.5. The molecule has 186 valence electrons. The van der Waals surface area contributed by atoms with Gasteiger partial charge in [0.15, 0.2) is 5.60 Å². The Kier molecular flexibility index (Phi) is 5.09. The predicted octanol–water partition coefficient (Wildman–Crippen LogP) is 2.99. The van der Waals surface area contributed by atoms with E-state index in [0.717, 1.165) is 22.1 Å². The monoisotopic (exact) mass is 509 g/mol. The normalized spacial score (nSPS) is 21.6. The number of halogens is 1. The number of rotatable bonds is 3. The first-order valence-corrected chi connectivity index (χ1v) is 12.3. The van der Waals surface area contributed by atoms with Gasteiger partial charge in [-0.05, 0) is 48.9 Å². The van der Waals surface area contributed by atoms with E-state index in [2.05, 4.69) is 5.32 Å². The molecule has 3 aliphatic rings. The third kappa shape index (κ3) is 2.98. The third-order valence-electron chi connectivity index (χ3n) is 7.86. The number of pyridine rings is 2. The standard InChI is InChI=1S/C26H24FN3O5S/c1-3-26(34)15-6-19-23-13(8-30(19)24(36)14(15)10-35-25(26)33)22-17(28-20(32)9-31)5-4-12-11(2)16(27)7-18(29-23)21(12)22/h6-7,17,31,34H,3-5,8-10H2,1-2H3,(H,28,32)/t17-,26-/m0/s1. The Morgan fingerprint density at radius 1 is 1.36 bits per heavy atom. The van der Waals surface area contributed by atoms with Gasteiger partial charge in [0.1, 0.15) is 23.7 Å². The smallest absolute Gasteiger partial charge is 0.343 e. The first-order chi connectivity index (χ1) is 17.2. The summed E-state index contributed by atoms with van der Waals surface area (Å²) in [5, 5.41) is 24.3. The summed E-state index contributed by atoms with van der Waals surface area (Å²) in [7, 11) is 0. The third-order valence-corrected chi connectivity index (χ3v) is 8.32. The number of aliphatic hydroxyl groups excluding tert-OH is 1. The van der Waals surface area contributed by atoms with Gasteiger partial charge in [0.05, 0.1) is 29.5 Å². The fourth-order valence-corrected chi connectivity index (χ4v) is 6.27. The number of amides is 1. The van der Waals surface area contributed by atoms with E-state index in [4.69, 9.17) is 21.9 Å². The lowest BCUT2D eigenvalue weighted by atomic mass is 9.81. The summed E-state index contributed by atoms with van der Waals surface area (Å²) in [5.41, 5.74) is 3.93. The molecular formula is C26H24FN3O5S. The maximum Gasteiger partial charge on any atom is 0.343 e. The second-order valence-corrected chi connectivity index (χ2v) is 10.0. The van der Waals surface area contributed by atoms with Crippen LogP contribution in [-0.2, 0) is 39.5 Å². The molecule has 2 aromatic heterocycles. The minimum absolute atomic E-state index is 0.0298. The molecule has 0 bridgehead atoms. The first kappa shape index (κ1) is 23.2. The number of nitrogens with one attached hydrogen (secondary N) is 1. The molecule has 10 heteroatoms. The van der Waals surface area contributed by atoms with Crippen LogP contribution in [0.2, 0.25) is 0 Å². The molecule has 0 unspecified atom stereocenters. The highest BCUT2D eigenvalue weighted by Gasteiger charge is 2.45. The summed E-state index contributed by atoms with van der Waals surface area (Å²) in [6.07, 6.45) is 1.22. The largest absolute Gasteiger partial charge is 0.458 e. The van der Waals surface area contributed by atoms with Crippen molar-refractivity contribution in [2.45, 2.75) is 57.9 Å². The molecule has 4 heterocycles. The van der Waals surface area contributed by atoms with Gasteiger partial charge in [-0.3, -0.25) is 4.79 Å². The van der Waals surface area contributed by atoms with Crippen LogP contribution in [0.3, 0.4) is 0 Å². The maximum absolute atomic E-state index is 14.9. The second-order valence-electron chi connectivity index (χ2n) is 9.63. The van der Waals surface area contributed by atoms with Crippen LogP contribution in [0.15, 0.2) is 12.1 Å². The average molecular weight is 510 g/mol. The van der Waals surface area contributed by atoms with Gasteiger partial charge in [-0.1, -0.05) is 19.1 Å². The van der Waals surface area contributed by atoms with Gasteiger partial charge in [-0.15, -0.1) is 0 Å². The molecular weight excluding hydrogens is 485 g/mol. The highest BCUT2D eigenvalue weighted by atomic mass is 32.1. The van der Waals surface area contributed by atoms with Crippen LogP contribution in [0.1, 0.15) is 59.2 Å². The zero-order valence-corrected chi connectivity index (χ0v) is 20.6. The molecule has 0 saturated heterocycles. The highest BCUT2D eigenvalue weighted by Crippen LogP contribution is 2.47. The molecule has 1 amide bonds. The molecule has 1 aliphatic carbocycles. The van der Waals surface area contributed by atoms with E-state index < -0.39 is 30.1 Å². The number of aryl methyl sites for hydroxylation is 1. The van der Waals surface area contributed by atoms with Gasteiger partial charge in [-0.25, -0.2) is 14.2 Å². The number of hydrogen-bond donors (Lipinski definition) is 3. The van der Waals surface area contributed by atoms with Gasteiger partial charge in [-0.2, -0.15) is 0 Å². The van der Waals surface area contributed by atoms with Crippen LogP contribution in [0.25, 0.3) is 22.3 Å². The Hall–Kier alpha value is -3.21.